The predicted octanol–water partition coefficient (Wildman–Crippen LogP) is 2.46. The summed E-state index contributed by atoms with van der Waals surface area (Å²) in [7, 11) is 1.92. The van der Waals surface area contributed by atoms with Crippen LogP contribution < -0.4 is 4.90 Å². The first-order valence-electron chi connectivity index (χ1n) is 4.19. The van der Waals surface area contributed by atoms with Crippen LogP contribution in [-0.2, 0) is 0 Å². The molecule has 0 aliphatic rings. The summed E-state index contributed by atoms with van der Waals surface area (Å²) in [6, 6.07) is 3.44. The van der Waals surface area contributed by atoms with Crippen molar-refractivity contribution in [3.63, 3.8) is 0 Å². The molecule has 1 rings (SSSR count). The minimum absolute atomic E-state index is 0.369. The summed E-state index contributed by atoms with van der Waals surface area (Å²) in [4.78, 5) is 13.0. The third-order valence-corrected chi connectivity index (χ3v) is 2.87. The average molecular weight is 211 g/mol. The first kappa shape index (κ1) is 10.8. The van der Waals surface area contributed by atoms with Crippen LogP contribution in [0.4, 0.5) is 5.00 Å². The molecular formula is C10H13NO2S. The molecular weight excluding hydrogens is 198 g/mol. The lowest BCUT2D eigenvalue weighted by Crippen LogP contribution is -2.17. The van der Waals surface area contributed by atoms with Gasteiger partial charge in [0.2, 0.25) is 0 Å². The van der Waals surface area contributed by atoms with E-state index in [4.69, 9.17) is 5.11 Å². The molecule has 0 fully saturated rings. The monoisotopic (exact) mass is 211 g/mol. The maximum Gasteiger partial charge on any atom is 0.345 e. The highest BCUT2D eigenvalue weighted by atomic mass is 32.1. The molecule has 0 atom stereocenters. The third-order valence-electron chi connectivity index (χ3n) is 1.69. The number of nitrogens with zero attached hydrogens (tertiary/aromatic N) is 1. The maximum absolute atomic E-state index is 10.6. The van der Waals surface area contributed by atoms with Gasteiger partial charge in [-0.25, -0.2) is 4.79 Å². The average Bonchev–Trinajstić information content (AvgIpc) is 2.50. The number of rotatable bonds is 4. The first-order chi connectivity index (χ1) is 6.50. The molecule has 0 aliphatic carbocycles. The van der Waals surface area contributed by atoms with Crippen LogP contribution in [0.2, 0.25) is 0 Å². The molecule has 3 nitrogen and oxygen atoms in total. The Hall–Kier alpha value is -1.29. The zero-order valence-corrected chi connectivity index (χ0v) is 9.10. The lowest BCUT2D eigenvalue weighted by Gasteiger charge is -2.16. The highest BCUT2D eigenvalue weighted by Gasteiger charge is 2.09. The second-order valence-corrected chi connectivity index (χ2v) is 4.32. The van der Waals surface area contributed by atoms with Gasteiger partial charge in [-0.1, -0.05) is 12.2 Å². The number of likely N-dealkylation sites (N-methyl/N-ethyl adjacent to an activating group) is 1. The van der Waals surface area contributed by atoms with Crippen molar-refractivity contribution in [2.24, 2.45) is 0 Å². The van der Waals surface area contributed by atoms with Crippen LogP contribution >= 0.6 is 11.3 Å². The molecule has 76 valence electrons. The number of thiophene rings is 1. The SMILES string of the molecule is C=C(C)CN(C)c1ccc(C(=O)O)s1. The lowest BCUT2D eigenvalue weighted by molar-refractivity contribution is 0.0702. The highest BCUT2D eigenvalue weighted by Crippen LogP contribution is 2.25. The van der Waals surface area contributed by atoms with E-state index in [9.17, 15) is 4.79 Å². The van der Waals surface area contributed by atoms with Crippen molar-refractivity contribution in [2.45, 2.75) is 6.92 Å². The molecule has 1 N–H and O–H groups in total. The predicted molar refractivity (Wildman–Crippen MR) is 59.4 cm³/mol. The molecule has 0 unspecified atom stereocenters. The van der Waals surface area contributed by atoms with Crippen molar-refractivity contribution < 1.29 is 9.90 Å². The number of carboxylic acids is 1. The molecule has 0 saturated carbocycles. The van der Waals surface area contributed by atoms with Gasteiger partial charge in [-0.15, -0.1) is 11.3 Å². The van der Waals surface area contributed by atoms with Crippen molar-refractivity contribution in [3.05, 3.63) is 29.2 Å². The number of aromatic carboxylic acids is 1. The smallest absolute Gasteiger partial charge is 0.345 e. The van der Waals surface area contributed by atoms with Gasteiger partial charge in [0.15, 0.2) is 0 Å². The molecule has 0 aromatic carbocycles. The molecule has 1 aromatic heterocycles. The normalized spacial score (nSPS) is 9.86. The second kappa shape index (κ2) is 4.28. The van der Waals surface area contributed by atoms with Gasteiger partial charge in [-0.05, 0) is 19.1 Å². The van der Waals surface area contributed by atoms with Crippen molar-refractivity contribution in [1.29, 1.82) is 0 Å². The van der Waals surface area contributed by atoms with Crippen LogP contribution in [0.5, 0.6) is 0 Å². The van der Waals surface area contributed by atoms with Crippen molar-refractivity contribution in [1.82, 2.24) is 0 Å². The summed E-state index contributed by atoms with van der Waals surface area (Å²) >= 11 is 1.28. The van der Waals surface area contributed by atoms with Gasteiger partial charge >= 0.3 is 5.97 Å². The number of anilines is 1. The Bertz CT molecular complexity index is 357. The van der Waals surface area contributed by atoms with E-state index in [1.54, 1.807) is 6.07 Å². The number of hydrogen-bond donors (Lipinski definition) is 1. The minimum Gasteiger partial charge on any atom is -0.477 e. The topological polar surface area (TPSA) is 40.5 Å². The second-order valence-electron chi connectivity index (χ2n) is 3.26. The molecule has 0 radical (unpaired) electrons. The van der Waals surface area contributed by atoms with Crippen LogP contribution in [-0.4, -0.2) is 24.7 Å². The molecule has 0 spiro atoms. The van der Waals surface area contributed by atoms with E-state index >= 15 is 0 Å². The van der Waals surface area contributed by atoms with Crippen molar-refractivity contribution in [2.75, 3.05) is 18.5 Å². The van der Waals surface area contributed by atoms with E-state index in [2.05, 4.69) is 6.58 Å². The van der Waals surface area contributed by atoms with Gasteiger partial charge in [0.05, 0.1) is 5.00 Å². The van der Waals surface area contributed by atoms with Gasteiger partial charge in [-0.2, -0.15) is 0 Å². The summed E-state index contributed by atoms with van der Waals surface area (Å²) in [6.07, 6.45) is 0. The molecule has 0 bridgehead atoms. The Kier molecular flexibility index (Phi) is 3.30. The standard InChI is InChI=1S/C10H13NO2S/c1-7(2)6-11(3)9-5-4-8(14-9)10(12)13/h4-5H,1,6H2,2-3H3,(H,12,13). The van der Waals surface area contributed by atoms with Crippen LogP contribution in [0.25, 0.3) is 0 Å². The van der Waals surface area contributed by atoms with Gasteiger partial charge in [0.1, 0.15) is 4.88 Å². The number of hydrogen-bond acceptors (Lipinski definition) is 3. The van der Waals surface area contributed by atoms with E-state index in [1.807, 2.05) is 24.9 Å². The molecule has 4 heteroatoms. The minimum atomic E-state index is -0.870. The Morgan fingerprint density at radius 3 is 2.71 bits per heavy atom. The lowest BCUT2D eigenvalue weighted by atomic mass is 10.3. The summed E-state index contributed by atoms with van der Waals surface area (Å²) in [5.41, 5.74) is 1.05. The molecule has 0 saturated heterocycles. The van der Waals surface area contributed by atoms with Crippen LogP contribution in [0.15, 0.2) is 24.3 Å². The summed E-state index contributed by atoms with van der Waals surface area (Å²) in [5.74, 6) is -0.870. The zero-order valence-electron chi connectivity index (χ0n) is 8.28. The Balaban J connectivity index is 2.76. The quantitative estimate of drug-likeness (QED) is 0.778. The van der Waals surface area contributed by atoms with Crippen LogP contribution in [0.3, 0.4) is 0 Å². The van der Waals surface area contributed by atoms with E-state index in [1.165, 1.54) is 11.3 Å². The molecule has 0 aliphatic heterocycles. The number of carboxylic acid groups (broad SMARTS) is 1. The van der Waals surface area contributed by atoms with E-state index in [-0.39, 0.29) is 0 Å². The summed E-state index contributed by atoms with van der Waals surface area (Å²) < 4.78 is 0. The van der Waals surface area contributed by atoms with Crippen molar-refractivity contribution in [3.8, 4) is 0 Å². The summed E-state index contributed by atoms with van der Waals surface area (Å²) in [5, 5.41) is 9.69. The zero-order chi connectivity index (χ0) is 10.7. The maximum atomic E-state index is 10.6. The van der Waals surface area contributed by atoms with Gasteiger partial charge in [-0.3, -0.25) is 0 Å². The molecule has 1 aromatic rings. The molecule has 1 heterocycles. The number of carbonyl (C=O) groups is 1. The fourth-order valence-electron chi connectivity index (χ4n) is 1.13. The highest BCUT2D eigenvalue weighted by molar-refractivity contribution is 7.17. The Morgan fingerprint density at radius 2 is 2.29 bits per heavy atom. The fourth-order valence-corrected chi connectivity index (χ4v) is 1.94. The van der Waals surface area contributed by atoms with Crippen LogP contribution in [0.1, 0.15) is 16.6 Å². The largest absolute Gasteiger partial charge is 0.477 e. The fraction of sp³-hybridized carbons (Fsp3) is 0.300. The van der Waals surface area contributed by atoms with E-state index in [0.717, 1.165) is 17.1 Å². The van der Waals surface area contributed by atoms with Gasteiger partial charge in [0, 0.05) is 13.6 Å². The van der Waals surface area contributed by atoms with Gasteiger partial charge < -0.3 is 10.0 Å². The third kappa shape index (κ3) is 2.60. The van der Waals surface area contributed by atoms with E-state index in [0.29, 0.717) is 4.88 Å². The first-order valence-corrected chi connectivity index (χ1v) is 5.01. The molecule has 0 amide bonds. The van der Waals surface area contributed by atoms with Gasteiger partial charge in [0.25, 0.3) is 0 Å². The Morgan fingerprint density at radius 1 is 1.64 bits per heavy atom. The van der Waals surface area contributed by atoms with Crippen LogP contribution in [0, 0.1) is 0 Å². The summed E-state index contributed by atoms with van der Waals surface area (Å²) in [6.45, 7) is 6.51. The van der Waals surface area contributed by atoms with Crippen molar-refractivity contribution >= 4 is 22.3 Å². The Labute approximate surface area is 87.3 Å². The van der Waals surface area contributed by atoms with E-state index < -0.39 is 5.97 Å². The molecule has 14 heavy (non-hydrogen) atoms.